The fourth-order valence-corrected chi connectivity index (χ4v) is 2.97. The number of aryl methyl sites for hydroxylation is 1. The van der Waals surface area contributed by atoms with Gasteiger partial charge in [0.2, 0.25) is 0 Å². The number of ether oxygens (including phenoxy) is 1. The van der Waals surface area contributed by atoms with Gasteiger partial charge in [0.25, 0.3) is 0 Å². The Morgan fingerprint density at radius 2 is 2.15 bits per heavy atom. The molecule has 0 aliphatic rings. The van der Waals surface area contributed by atoms with Crippen molar-refractivity contribution in [3.05, 3.63) is 34.7 Å². The molecule has 0 aliphatic heterocycles. The maximum Gasteiger partial charge on any atom is 0.135 e. The number of benzene rings is 1. The van der Waals surface area contributed by atoms with Crippen LogP contribution in [0.25, 0.3) is 22.3 Å². The number of aromatic nitrogens is 3. The minimum atomic E-state index is 0.746. The molecular formula is C14H12BrN3OS. The molecule has 2 aromatic heterocycles. The highest BCUT2D eigenvalue weighted by molar-refractivity contribution is 9.10. The lowest BCUT2D eigenvalue weighted by Gasteiger charge is -2.09. The van der Waals surface area contributed by atoms with Gasteiger partial charge in [-0.2, -0.15) is 0 Å². The SMILES string of the molecule is COc1ccc2c(S)cc(-c3cnc(C)[nH]3)nc2c1Br. The number of hydrogen-bond donors (Lipinski definition) is 2. The minimum Gasteiger partial charge on any atom is -0.495 e. The van der Waals surface area contributed by atoms with E-state index >= 15 is 0 Å². The van der Waals surface area contributed by atoms with Crippen molar-refractivity contribution in [1.82, 2.24) is 15.0 Å². The molecule has 0 saturated heterocycles. The summed E-state index contributed by atoms with van der Waals surface area (Å²) in [7, 11) is 1.63. The van der Waals surface area contributed by atoms with E-state index in [-0.39, 0.29) is 0 Å². The van der Waals surface area contributed by atoms with Gasteiger partial charge < -0.3 is 9.72 Å². The summed E-state index contributed by atoms with van der Waals surface area (Å²) >= 11 is 8.09. The monoisotopic (exact) mass is 349 g/mol. The molecule has 0 aliphatic carbocycles. The summed E-state index contributed by atoms with van der Waals surface area (Å²) < 4.78 is 6.14. The second kappa shape index (κ2) is 5.10. The van der Waals surface area contributed by atoms with E-state index in [1.165, 1.54) is 0 Å². The first-order valence-electron chi connectivity index (χ1n) is 5.98. The zero-order valence-electron chi connectivity index (χ0n) is 10.9. The van der Waals surface area contributed by atoms with Gasteiger partial charge in [-0.25, -0.2) is 9.97 Å². The Morgan fingerprint density at radius 3 is 2.80 bits per heavy atom. The second-order valence-corrected chi connectivity index (χ2v) is 5.66. The molecule has 0 amide bonds. The Kier molecular flexibility index (Phi) is 3.43. The lowest BCUT2D eigenvalue weighted by Crippen LogP contribution is -1.91. The molecule has 102 valence electrons. The van der Waals surface area contributed by atoms with E-state index in [1.807, 2.05) is 25.1 Å². The Balaban J connectivity index is 2.29. The van der Waals surface area contributed by atoms with Crippen LogP contribution in [-0.2, 0) is 0 Å². The number of aromatic amines is 1. The molecule has 0 fully saturated rings. The number of imidazole rings is 1. The second-order valence-electron chi connectivity index (χ2n) is 4.39. The van der Waals surface area contributed by atoms with E-state index in [2.05, 4.69) is 43.5 Å². The third-order valence-electron chi connectivity index (χ3n) is 3.06. The van der Waals surface area contributed by atoms with Gasteiger partial charge in [-0.05, 0) is 41.1 Å². The fourth-order valence-electron chi connectivity index (χ4n) is 2.07. The molecule has 4 nitrogen and oxygen atoms in total. The van der Waals surface area contributed by atoms with Crippen molar-refractivity contribution < 1.29 is 4.74 Å². The topological polar surface area (TPSA) is 50.8 Å². The van der Waals surface area contributed by atoms with Crippen molar-refractivity contribution in [2.45, 2.75) is 11.8 Å². The van der Waals surface area contributed by atoms with Crippen molar-refractivity contribution in [1.29, 1.82) is 0 Å². The molecule has 2 heterocycles. The molecule has 0 unspecified atom stereocenters. The molecule has 0 spiro atoms. The summed E-state index contributed by atoms with van der Waals surface area (Å²) in [5, 5.41) is 0.973. The molecule has 6 heteroatoms. The average molecular weight is 350 g/mol. The summed E-state index contributed by atoms with van der Waals surface area (Å²) in [5.74, 6) is 1.60. The number of H-pyrrole nitrogens is 1. The standard InChI is InChI=1S/C14H12BrN3OS/c1-7-16-6-10(17-7)9-5-12(20)8-3-4-11(19-2)13(15)14(8)18-9/h3-6H,1-2H3,(H,16,17)(H,18,20). The third-order valence-corrected chi connectivity index (χ3v) is 4.20. The quantitative estimate of drug-likeness (QED) is 0.687. The van der Waals surface area contributed by atoms with E-state index in [4.69, 9.17) is 4.74 Å². The highest BCUT2D eigenvalue weighted by atomic mass is 79.9. The third kappa shape index (κ3) is 2.19. The van der Waals surface area contributed by atoms with E-state index in [0.717, 1.165) is 43.2 Å². The number of pyridine rings is 1. The normalized spacial score (nSPS) is 11.0. The summed E-state index contributed by atoms with van der Waals surface area (Å²) in [6.45, 7) is 1.91. The number of hydrogen-bond acceptors (Lipinski definition) is 4. The number of fused-ring (bicyclic) bond motifs is 1. The van der Waals surface area contributed by atoms with Crippen LogP contribution in [0.15, 0.2) is 33.8 Å². The van der Waals surface area contributed by atoms with E-state index in [1.54, 1.807) is 13.3 Å². The van der Waals surface area contributed by atoms with Crippen LogP contribution in [0, 0.1) is 6.92 Å². The van der Waals surface area contributed by atoms with Crippen molar-refractivity contribution in [3.63, 3.8) is 0 Å². The van der Waals surface area contributed by atoms with Crippen LogP contribution in [0.4, 0.5) is 0 Å². The Labute approximate surface area is 130 Å². The number of thiol groups is 1. The Bertz CT molecular complexity index is 800. The molecule has 3 aromatic rings. The zero-order chi connectivity index (χ0) is 14.3. The van der Waals surface area contributed by atoms with Crippen molar-refractivity contribution >= 4 is 39.5 Å². The van der Waals surface area contributed by atoms with Gasteiger partial charge in [0.1, 0.15) is 11.6 Å². The van der Waals surface area contributed by atoms with Crippen LogP contribution in [0.1, 0.15) is 5.82 Å². The predicted molar refractivity (Wildman–Crippen MR) is 85.6 cm³/mol. The van der Waals surface area contributed by atoms with Gasteiger partial charge in [0.15, 0.2) is 0 Å². The summed E-state index contributed by atoms with van der Waals surface area (Å²) in [5.41, 5.74) is 2.49. The van der Waals surface area contributed by atoms with Gasteiger partial charge in [-0.1, -0.05) is 0 Å². The lowest BCUT2D eigenvalue weighted by atomic mass is 10.1. The number of halogens is 1. The van der Waals surface area contributed by atoms with Crippen LogP contribution < -0.4 is 4.74 Å². The molecule has 0 atom stereocenters. The molecule has 0 saturated carbocycles. The summed E-state index contributed by atoms with van der Waals surface area (Å²) in [6.07, 6.45) is 1.77. The van der Waals surface area contributed by atoms with E-state index in [9.17, 15) is 0 Å². The first kappa shape index (κ1) is 13.5. The highest BCUT2D eigenvalue weighted by Crippen LogP contribution is 2.36. The molecule has 1 N–H and O–H groups in total. The molecule has 0 bridgehead atoms. The molecule has 3 rings (SSSR count). The maximum absolute atomic E-state index is 5.31. The van der Waals surface area contributed by atoms with Crippen LogP contribution >= 0.6 is 28.6 Å². The molecule has 1 aromatic carbocycles. The molecule has 0 radical (unpaired) electrons. The van der Waals surface area contributed by atoms with Gasteiger partial charge >= 0.3 is 0 Å². The summed E-state index contributed by atoms with van der Waals surface area (Å²) in [6, 6.07) is 5.78. The Hall–Kier alpha value is -1.53. The lowest BCUT2D eigenvalue weighted by molar-refractivity contribution is 0.413. The molecule has 20 heavy (non-hydrogen) atoms. The van der Waals surface area contributed by atoms with Crippen molar-refractivity contribution in [3.8, 4) is 17.1 Å². The smallest absolute Gasteiger partial charge is 0.135 e. The first-order valence-corrected chi connectivity index (χ1v) is 7.22. The Morgan fingerprint density at radius 1 is 1.35 bits per heavy atom. The fraction of sp³-hybridized carbons (Fsp3) is 0.143. The zero-order valence-corrected chi connectivity index (χ0v) is 13.4. The first-order chi connectivity index (χ1) is 9.60. The van der Waals surface area contributed by atoms with Crippen molar-refractivity contribution in [2.24, 2.45) is 0 Å². The number of rotatable bonds is 2. The van der Waals surface area contributed by atoms with E-state index in [0.29, 0.717) is 0 Å². The minimum absolute atomic E-state index is 0.746. The molecular weight excluding hydrogens is 338 g/mol. The van der Waals surface area contributed by atoms with Gasteiger partial charge in [0, 0.05) is 10.3 Å². The van der Waals surface area contributed by atoms with Crippen LogP contribution in [-0.4, -0.2) is 22.1 Å². The van der Waals surface area contributed by atoms with Crippen LogP contribution in [0.2, 0.25) is 0 Å². The van der Waals surface area contributed by atoms with Gasteiger partial charge in [-0.15, -0.1) is 12.6 Å². The van der Waals surface area contributed by atoms with Crippen LogP contribution in [0.3, 0.4) is 0 Å². The van der Waals surface area contributed by atoms with Gasteiger partial charge in [-0.3, -0.25) is 0 Å². The van der Waals surface area contributed by atoms with Crippen molar-refractivity contribution in [2.75, 3.05) is 7.11 Å². The maximum atomic E-state index is 5.31. The van der Waals surface area contributed by atoms with Gasteiger partial charge in [0.05, 0.1) is 34.7 Å². The highest BCUT2D eigenvalue weighted by Gasteiger charge is 2.12. The average Bonchev–Trinajstić information content (AvgIpc) is 2.86. The van der Waals surface area contributed by atoms with Crippen LogP contribution in [0.5, 0.6) is 5.75 Å². The summed E-state index contributed by atoms with van der Waals surface area (Å²) in [4.78, 5) is 12.9. The number of nitrogens with zero attached hydrogens (tertiary/aromatic N) is 2. The number of methoxy groups -OCH3 is 1. The largest absolute Gasteiger partial charge is 0.495 e. The predicted octanol–water partition coefficient (Wildman–Crippen LogP) is 3.99. The number of nitrogens with one attached hydrogen (secondary N) is 1. The van der Waals surface area contributed by atoms with E-state index < -0.39 is 0 Å².